The van der Waals surface area contributed by atoms with Gasteiger partial charge in [0.15, 0.2) is 0 Å². The lowest BCUT2D eigenvalue weighted by Gasteiger charge is -2.13. The van der Waals surface area contributed by atoms with Gasteiger partial charge in [-0.25, -0.2) is 0 Å². The first-order valence-corrected chi connectivity index (χ1v) is 9.92. The van der Waals surface area contributed by atoms with Gasteiger partial charge in [-0.3, -0.25) is 0 Å². The summed E-state index contributed by atoms with van der Waals surface area (Å²) in [4.78, 5) is 0. The quantitative estimate of drug-likeness (QED) is 0.473. The van der Waals surface area contributed by atoms with E-state index < -0.39 is 0 Å². The van der Waals surface area contributed by atoms with Crippen LogP contribution in [0.1, 0.15) is 11.1 Å². The Morgan fingerprint density at radius 1 is 0.682 bits per heavy atom. The summed E-state index contributed by atoms with van der Waals surface area (Å²) in [6.45, 7) is 5.45. The summed E-state index contributed by atoms with van der Waals surface area (Å²) in [5.74, 6) is 0. The van der Waals surface area contributed by atoms with Gasteiger partial charge in [0.1, 0.15) is 0 Å². The van der Waals surface area contributed by atoms with E-state index in [0.29, 0.717) is 13.2 Å². The lowest BCUT2D eigenvalue weighted by Crippen LogP contribution is -2.04. The molecule has 2 aromatic carbocycles. The van der Waals surface area contributed by atoms with Gasteiger partial charge in [-0.2, -0.15) is 0 Å². The summed E-state index contributed by atoms with van der Waals surface area (Å²) in [5, 5.41) is 0. The summed E-state index contributed by atoms with van der Waals surface area (Å²) in [7, 11) is 0.00842. The van der Waals surface area contributed by atoms with E-state index in [1.165, 1.54) is 11.1 Å². The monoisotopic (exact) mass is 316 g/mol. The van der Waals surface area contributed by atoms with Crippen molar-refractivity contribution in [1.82, 2.24) is 0 Å². The van der Waals surface area contributed by atoms with Crippen molar-refractivity contribution in [1.29, 1.82) is 0 Å². The zero-order valence-corrected chi connectivity index (χ0v) is 14.2. The molecule has 0 aliphatic carbocycles. The number of hydrogen-bond acceptors (Lipinski definition) is 2. The Hall–Kier alpha value is -1.21. The molecule has 0 amide bonds. The molecule has 0 spiro atoms. The molecule has 22 heavy (non-hydrogen) atoms. The predicted octanol–water partition coefficient (Wildman–Crippen LogP) is 4.53. The van der Waals surface area contributed by atoms with Gasteiger partial charge < -0.3 is 9.47 Å². The topological polar surface area (TPSA) is 18.5 Å². The van der Waals surface area contributed by atoms with Gasteiger partial charge in [-0.15, -0.1) is 7.92 Å². The highest BCUT2D eigenvalue weighted by Gasteiger charge is 2.02. The standard InChI is InChI=1S/C19H25O2P/c1-22(14-12-20-16-18-8-4-2-5-9-18)15-13-21-17-19-10-6-3-7-11-19/h2-11H,12-17H2,1H3. The van der Waals surface area contributed by atoms with Crippen molar-refractivity contribution in [3.63, 3.8) is 0 Å². The van der Waals surface area contributed by atoms with Crippen molar-refractivity contribution >= 4 is 7.92 Å². The van der Waals surface area contributed by atoms with Crippen LogP contribution < -0.4 is 0 Å². The Morgan fingerprint density at radius 2 is 1.09 bits per heavy atom. The SMILES string of the molecule is CP(CCOCc1ccccc1)CCOCc1ccccc1. The molecule has 0 bridgehead atoms. The van der Waals surface area contributed by atoms with Crippen LogP contribution in [0.5, 0.6) is 0 Å². The molecule has 118 valence electrons. The van der Waals surface area contributed by atoms with Gasteiger partial charge in [0.2, 0.25) is 0 Å². The average Bonchev–Trinajstić information content (AvgIpc) is 2.57. The van der Waals surface area contributed by atoms with Crippen molar-refractivity contribution in [3.8, 4) is 0 Å². The second-order valence-electron chi connectivity index (χ2n) is 5.38. The van der Waals surface area contributed by atoms with E-state index in [2.05, 4.69) is 55.2 Å². The summed E-state index contributed by atoms with van der Waals surface area (Å²) in [6.07, 6.45) is 2.30. The minimum absolute atomic E-state index is 0.00842. The van der Waals surface area contributed by atoms with E-state index >= 15 is 0 Å². The lowest BCUT2D eigenvalue weighted by molar-refractivity contribution is 0.132. The van der Waals surface area contributed by atoms with E-state index in [0.717, 1.165) is 25.5 Å². The van der Waals surface area contributed by atoms with Gasteiger partial charge in [0, 0.05) is 0 Å². The molecule has 0 saturated heterocycles. The number of hydrogen-bond donors (Lipinski definition) is 0. The molecule has 0 aliphatic heterocycles. The third-order valence-electron chi connectivity index (χ3n) is 3.46. The van der Waals surface area contributed by atoms with Crippen molar-refractivity contribution < 1.29 is 9.47 Å². The minimum atomic E-state index is 0.00842. The van der Waals surface area contributed by atoms with Gasteiger partial charge in [-0.05, 0) is 30.1 Å². The molecule has 2 nitrogen and oxygen atoms in total. The molecule has 0 aliphatic rings. The average molecular weight is 316 g/mol. The maximum atomic E-state index is 5.74. The molecule has 0 atom stereocenters. The summed E-state index contributed by atoms with van der Waals surface area (Å²) in [5.41, 5.74) is 2.49. The third kappa shape index (κ3) is 7.17. The molecule has 0 heterocycles. The molecular formula is C19H25O2P. The Labute approximate surface area is 135 Å². The third-order valence-corrected chi connectivity index (χ3v) is 5.35. The summed E-state index contributed by atoms with van der Waals surface area (Å²) >= 11 is 0. The van der Waals surface area contributed by atoms with Gasteiger partial charge >= 0.3 is 0 Å². The molecule has 0 saturated carbocycles. The van der Waals surface area contributed by atoms with Crippen LogP contribution in [-0.4, -0.2) is 32.2 Å². The highest BCUT2D eigenvalue weighted by Crippen LogP contribution is 2.29. The minimum Gasteiger partial charge on any atom is -0.376 e. The lowest BCUT2D eigenvalue weighted by atomic mass is 10.2. The largest absolute Gasteiger partial charge is 0.376 e. The van der Waals surface area contributed by atoms with Crippen LogP contribution in [0.4, 0.5) is 0 Å². The first-order chi connectivity index (χ1) is 10.8. The normalized spacial score (nSPS) is 11.0. The second-order valence-corrected chi connectivity index (χ2v) is 7.99. The molecule has 0 aromatic heterocycles. The first-order valence-electron chi connectivity index (χ1n) is 7.76. The van der Waals surface area contributed by atoms with Crippen LogP contribution >= 0.6 is 7.92 Å². The molecule has 0 radical (unpaired) electrons. The van der Waals surface area contributed by atoms with Crippen LogP contribution in [0.15, 0.2) is 60.7 Å². The van der Waals surface area contributed by atoms with Gasteiger partial charge in [0.25, 0.3) is 0 Å². The van der Waals surface area contributed by atoms with Crippen LogP contribution in [-0.2, 0) is 22.7 Å². The van der Waals surface area contributed by atoms with E-state index in [1.54, 1.807) is 0 Å². The molecule has 0 unspecified atom stereocenters. The van der Waals surface area contributed by atoms with Gasteiger partial charge in [0.05, 0.1) is 26.4 Å². The van der Waals surface area contributed by atoms with Crippen LogP contribution in [0, 0.1) is 0 Å². The van der Waals surface area contributed by atoms with E-state index in [1.807, 2.05) is 12.1 Å². The van der Waals surface area contributed by atoms with Crippen LogP contribution in [0.25, 0.3) is 0 Å². The van der Waals surface area contributed by atoms with Crippen molar-refractivity contribution in [2.45, 2.75) is 13.2 Å². The van der Waals surface area contributed by atoms with Crippen molar-refractivity contribution in [2.24, 2.45) is 0 Å². The van der Waals surface area contributed by atoms with Crippen LogP contribution in [0.2, 0.25) is 0 Å². The predicted molar refractivity (Wildman–Crippen MR) is 94.8 cm³/mol. The van der Waals surface area contributed by atoms with E-state index in [-0.39, 0.29) is 7.92 Å². The fourth-order valence-corrected chi connectivity index (χ4v) is 3.19. The molecule has 0 N–H and O–H groups in total. The molecule has 2 aromatic rings. The fraction of sp³-hybridized carbons (Fsp3) is 0.368. The Balaban J connectivity index is 1.48. The molecular weight excluding hydrogens is 291 g/mol. The zero-order valence-electron chi connectivity index (χ0n) is 13.3. The molecule has 3 heteroatoms. The van der Waals surface area contributed by atoms with Crippen molar-refractivity contribution in [2.75, 3.05) is 32.2 Å². The smallest absolute Gasteiger partial charge is 0.0717 e. The van der Waals surface area contributed by atoms with E-state index in [4.69, 9.17) is 9.47 Å². The highest BCUT2D eigenvalue weighted by atomic mass is 31.1. The summed E-state index contributed by atoms with van der Waals surface area (Å²) < 4.78 is 11.5. The molecule has 2 rings (SSSR count). The van der Waals surface area contributed by atoms with Crippen LogP contribution in [0.3, 0.4) is 0 Å². The highest BCUT2D eigenvalue weighted by molar-refractivity contribution is 7.56. The second kappa shape index (κ2) is 10.5. The zero-order chi connectivity index (χ0) is 15.5. The number of benzene rings is 2. The van der Waals surface area contributed by atoms with E-state index in [9.17, 15) is 0 Å². The molecule has 0 fully saturated rings. The maximum Gasteiger partial charge on any atom is 0.0717 e. The first kappa shape index (κ1) is 17.1. The Bertz CT molecular complexity index is 454. The maximum absolute atomic E-state index is 5.74. The fourth-order valence-electron chi connectivity index (χ4n) is 2.08. The Kier molecular flexibility index (Phi) is 8.19. The number of ether oxygens (including phenoxy) is 2. The van der Waals surface area contributed by atoms with Gasteiger partial charge in [-0.1, -0.05) is 60.7 Å². The summed E-state index contributed by atoms with van der Waals surface area (Å²) in [6, 6.07) is 20.7. The Morgan fingerprint density at radius 3 is 1.50 bits per heavy atom. The number of rotatable bonds is 10. The van der Waals surface area contributed by atoms with Crippen molar-refractivity contribution in [3.05, 3.63) is 71.8 Å².